The van der Waals surface area contributed by atoms with E-state index < -0.39 is 5.91 Å². The van der Waals surface area contributed by atoms with E-state index in [4.69, 9.17) is 9.47 Å². The van der Waals surface area contributed by atoms with Crippen LogP contribution in [0.2, 0.25) is 0 Å². The average Bonchev–Trinajstić information content (AvgIpc) is 3.32. The number of benzene rings is 2. The first-order valence-electron chi connectivity index (χ1n) is 10.5. The number of hydrogen-bond acceptors (Lipinski definition) is 5. The molecule has 2 aromatic carbocycles. The van der Waals surface area contributed by atoms with Gasteiger partial charge in [-0.25, -0.2) is 0 Å². The molecule has 0 saturated carbocycles. The fourth-order valence-corrected chi connectivity index (χ4v) is 3.89. The van der Waals surface area contributed by atoms with Gasteiger partial charge in [0.05, 0.1) is 20.3 Å². The molecule has 1 atom stereocenters. The van der Waals surface area contributed by atoms with Crippen molar-refractivity contribution in [3.05, 3.63) is 86.7 Å². The highest BCUT2D eigenvalue weighted by Crippen LogP contribution is 2.27. The second-order valence-corrected chi connectivity index (χ2v) is 8.62. The Kier molecular flexibility index (Phi) is 7.90. The molecule has 0 fully saturated rings. The number of aryl methyl sites for hydroxylation is 2. The molecule has 0 spiro atoms. The maximum atomic E-state index is 13.2. The zero-order valence-corrected chi connectivity index (χ0v) is 20.2. The summed E-state index contributed by atoms with van der Waals surface area (Å²) in [7, 11) is 3.03. The SMILES string of the molecule is COc1ccc(C(=O)N/C(=C\c2cccs2)C(=O)NC(C)c2ccc(C)c(C)c2)cc1OC. The van der Waals surface area contributed by atoms with Crippen molar-refractivity contribution in [1.29, 1.82) is 0 Å². The number of carbonyl (C=O) groups excluding carboxylic acids is 2. The Morgan fingerprint density at radius 2 is 1.73 bits per heavy atom. The van der Waals surface area contributed by atoms with Crippen LogP contribution < -0.4 is 20.1 Å². The molecule has 2 N–H and O–H groups in total. The first kappa shape index (κ1) is 24.1. The summed E-state index contributed by atoms with van der Waals surface area (Å²) in [5, 5.41) is 7.66. The molecule has 33 heavy (non-hydrogen) atoms. The van der Waals surface area contributed by atoms with Crippen molar-refractivity contribution in [2.45, 2.75) is 26.8 Å². The molecule has 3 aromatic rings. The predicted octanol–water partition coefficient (Wildman–Crippen LogP) is 5.03. The van der Waals surface area contributed by atoms with E-state index in [-0.39, 0.29) is 17.6 Å². The molecule has 7 heteroatoms. The Morgan fingerprint density at radius 1 is 0.970 bits per heavy atom. The van der Waals surface area contributed by atoms with Crippen LogP contribution in [0.5, 0.6) is 11.5 Å². The second kappa shape index (κ2) is 10.8. The highest BCUT2D eigenvalue weighted by molar-refractivity contribution is 7.10. The molecule has 0 radical (unpaired) electrons. The fourth-order valence-electron chi connectivity index (χ4n) is 3.24. The lowest BCUT2D eigenvalue weighted by Gasteiger charge is -2.18. The smallest absolute Gasteiger partial charge is 0.268 e. The molecule has 0 aliphatic rings. The molecule has 2 amide bonds. The average molecular weight is 465 g/mol. The third-order valence-corrected chi connectivity index (χ3v) is 6.17. The lowest BCUT2D eigenvalue weighted by atomic mass is 10.0. The molecule has 0 saturated heterocycles. The molecular weight excluding hydrogens is 436 g/mol. The second-order valence-electron chi connectivity index (χ2n) is 7.64. The normalized spacial score (nSPS) is 12.1. The first-order chi connectivity index (χ1) is 15.8. The van der Waals surface area contributed by atoms with Gasteiger partial charge in [0.2, 0.25) is 0 Å². The van der Waals surface area contributed by atoms with E-state index in [1.54, 1.807) is 24.3 Å². The summed E-state index contributed by atoms with van der Waals surface area (Å²) in [6.07, 6.45) is 1.67. The molecule has 3 rings (SSSR count). The number of nitrogens with one attached hydrogen (secondary N) is 2. The minimum absolute atomic E-state index is 0.160. The number of rotatable bonds is 8. The topological polar surface area (TPSA) is 76.7 Å². The maximum Gasteiger partial charge on any atom is 0.268 e. The van der Waals surface area contributed by atoms with Crippen LogP contribution in [-0.2, 0) is 4.79 Å². The van der Waals surface area contributed by atoms with Crippen LogP contribution in [0.15, 0.2) is 59.6 Å². The zero-order valence-electron chi connectivity index (χ0n) is 19.4. The standard InChI is InChI=1S/C26H28N2O4S/c1-16-8-9-19(13-17(16)2)18(3)27-26(30)22(15-21-7-6-12-33-21)28-25(29)20-10-11-23(31-4)24(14-20)32-5/h6-15,18H,1-5H3,(H,27,30)(H,28,29)/b22-15-. The van der Waals surface area contributed by atoms with Crippen molar-refractivity contribution in [2.24, 2.45) is 0 Å². The quantitative estimate of drug-likeness (QED) is 0.459. The lowest BCUT2D eigenvalue weighted by Crippen LogP contribution is -2.36. The number of thiophene rings is 1. The van der Waals surface area contributed by atoms with E-state index >= 15 is 0 Å². The summed E-state index contributed by atoms with van der Waals surface area (Å²) in [5.41, 5.74) is 3.85. The Balaban J connectivity index is 1.83. The van der Waals surface area contributed by atoms with Gasteiger partial charge in [-0.3, -0.25) is 9.59 Å². The molecular formula is C26H28N2O4S. The predicted molar refractivity (Wildman–Crippen MR) is 132 cm³/mol. The van der Waals surface area contributed by atoms with Crippen LogP contribution in [0.3, 0.4) is 0 Å². The van der Waals surface area contributed by atoms with Gasteiger partial charge < -0.3 is 20.1 Å². The molecule has 0 aliphatic heterocycles. The minimum atomic E-state index is -0.423. The van der Waals surface area contributed by atoms with Crippen molar-refractivity contribution in [3.63, 3.8) is 0 Å². The van der Waals surface area contributed by atoms with Crippen molar-refractivity contribution in [2.75, 3.05) is 14.2 Å². The summed E-state index contributed by atoms with van der Waals surface area (Å²) >= 11 is 1.48. The van der Waals surface area contributed by atoms with Gasteiger partial charge in [0.1, 0.15) is 5.70 Å². The van der Waals surface area contributed by atoms with Crippen molar-refractivity contribution >= 4 is 29.2 Å². The monoisotopic (exact) mass is 464 g/mol. The Labute approximate surface area is 198 Å². The van der Waals surface area contributed by atoms with Gasteiger partial charge in [-0.15, -0.1) is 11.3 Å². The van der Waals surface area contributed by atoms with E-state index in [2.05, 4.69) is 16.7 Å². The molecule has 1 heterocycles. The molecule has 172 valence electrons. The van der Waals surface area contributed by atoms with Crippen LogP contribution in [-0.4, -0.2) is 26.0 Å². The van der Waals surface area contributed by atoms with E-state index in [0.29, 0.717) is 17.1 Å². The van der Waals surface area contributed by atoms with Gasteiger partial charge in [-0.2, -0.15) is 0 Å². The zero-order chi connectivity index (χ0) is 24.0. The van der Waals surface area contributed by atoms with E-state index in [9.17, 15) is 9.59 Å². The van der Waals surface area contributed by atoms with Gasteiger partial charge in [-0.05, 0) is 73.2 Å². The van der Waals surface area contributed by atoms with Crippen LogP contribution in [0.1, 0.15) is 44.9 Å². The molecule has 1 aromatic heterocycles. The molecule has 6 nitrogen and oxygen atoms in total. The largest absolute Gasteiger partial charge is 0.493 e. The number of hydrogen-bond donors (Lipinski definition) is 2. The number of ether oxygens (including phenoxy) is 2. The van der Waals surface area contributed by atoms with Crippen LogP contribution in [0.25, 0.3) is 6.08 Å². The van der Waals surface area contributed by atoms with Crippen LogP contribution in [0, 0.1) is 13.8 Å². The highest BCUT2D eigenvalue weighted by Gasteiger charge is 2.19. The molecule has 1 unspecified atom stereocenters. The first-order valence-corrected chi connectivity index (χ1v) is 11.4. The van der Waals surface area contributed by atoms with Crippen LogP contribution >= 0.6 is 11.3 Å². The Morgan fingerprint density at radius 3 is 2.36 bits per heavy atom. The number of amides is 2. The summed E-state index contributed by atoms with van der Waals surface area (Å²) < 4.78 is 10.5. The summed E-state index contributed by atoms with van der Waals surface area (Å²) in [5.74, 6) is 0.154. The minimum Gasteiger partial charge on any atom is -0.493 e. The Bertz CT molecular complexity index is 1170. The van der Waals surface area contributed by atoms with E-state index in [0.717, 1.165) is 16.0 Å². The van der Waals surface area contributed by atoms with Gasteiger partial charge in [0.15, 0.2) is 11.5 Å². The summed E-state index contributed by atoms with van der Waals surface area (Å²) in [6, 6.07) is 14.5. The van der Waals surface area contributed by atoms with Gasteiger partial charge in [0, 0.05) is 10.4 Å². The summed E-state index contributed by atoms with van der Waals surface area (Å²) in [6.45, 7) is 6.01. The number of methoxy groups -OCH3 is 2. The van der Waals surface area contributed by atoms with Gasteiger partial charge in [0.25, 0.3) is 11.8 Å². The molecule has 0 aliphatic carbocycles. The maximum absolute atomic E-state index is 13.2. The van der Waals surface area contributed by atoms with Crippen molar-refractivity contribution in [1.82, 2.24) is 10.6 Å². The lowest BCUT2D eigenvalue weighted by molar-refractivity contribution is -0.118. The highest BCUT2D eigenvalue weighted by atomic mass is 32.1. The summed E-state index contributed by atoms with van der Waals surface area (Å²) in [4.78, 5) is 27.0. The van der Waals surface area contributed by atoms with E-state index in [1.165, 1.54) is 31.1 Å². The number of carbonyl (C=O) groups is 2. The van der Waals surface area contributed by atoms with Crippen LogP contribution in [0.4, 0.5) is 0 Å². The third kappa shape index (κ3) is 6.02. The van der Waals surface area contributed by atoms with E-state index in [1.807, 2.05) is 50.4 Å². The van der Waals surface area contributed by atoms with Crippen molar-refractivity contribution < 1.29 is 19.1 Å². The van der Waals surface area contributed by atoms with Gasteiger partial charge in [-0.1, -0.05) is 24.3 Å². The van der Waals surface area contributed by atoms with Gasteiger partial charge >= 0.3 is 0 Å². The third-order valence-electron chi connectivity index (χ3n) is 5.35. The fraction of sp³-hybridized carbons (Fsp3) is 0.231. The Hall–Kier alpha value is -3.58. The molecule has 0 bridgehead atoms. The van der Waals surface area contributed by atoms with Crippen molar-refractivity contribution in [3.8, 4) is 11.5 Å².